The molecule has 0 saturated carbocycles. The summed E-state index contributed by atoms with van der Waals surface area (Å²) in [6, 6.07) is 3.00. The number of aromatic hydroxyl groups is 1. The second-order valence-electron chi connectivity index (χ2n) is 5.95. The van der Waals surface area contributed by atoms with Crippen molar-refractivity contribution in [2.75, 3.05) is 26.2 Å². The maximum Gasteiger partial charge on any atom is 0.389 e. The van der Waals surface area contributed by atoms with E-state index in [1.807, 2.05) is 13.8 Å². The van der Waals surface area contributed by atoms with Gasteiger partial charge in [-0.05, 0) is 49.1 Å². The minimum atomic E-state index is -4.15. The van der Waals surface area contributed by atoms with Crippen LogP contribution in [0.3, 0.4) is 0 Å². The Hall–Kier alpha value is -1.27. The maximum absolute atomic E-state index is 12.7. The van der Waals surface area contributed by atoms with E-state index in [1.165, 1.54) is 0 Å². The Morgan fingerprint density at radius 3 is 2.23 bits per heavy atom. The molecule has 1 atom stereocenters. The summed E-state index contributed by atoms with van der Waals surface area (Å²) in [6.07, 6.45) is -4.89. The molecule has 0 amide bonds. The number of alkyl halides is 3. The highest BCUT2D eigenvalue weighted by molar-refractivity contribution is 5.42. The third-order valence-electron chi connectivity index (χ3n) is 4.21. The molecule has 1 heterocycles. The summed E-state index contributed by atoms with van der Waals surface area (Å²) in [6.45, 7) is 6.76. The fraction of sp³-hybridized carbons (Fsp3) is 0.625. The highest BCUT2D eigenvalue weighted by Crippen LogP contribution is 2.36. The zero-order valence-electron chi connectivity index (χ0n) is 13.0. The van der Waals surface area contributed by atoms with Gasteiger partial charge < -0.3 is 10.4 Å². The third-order valence-corrected chi connectivity index (χ3v) is 4.21. The Kier molecular flexibility index (Phi) is 5.34. The molecule has 1 aromatic carbocycles. The van der Waals surface area contributed by atoms with Crippen LogP contribution in [0.4, 0.5) is 13.2 Å². The van der Waals surface area contributed by atoms with E-state index in [4.69, 9.17) is 0 Å². The van der Waals surface area contributed by atoms with Crippen molar-refractivity contribution in [3.8, 4) is 5.75 Å². The van der Waals surface area contributed by atoms with Crippen LogP contribution in [0.15, 0.2) is 12.1 Å². The fourth-order valence-electron chi connectivity index (χ4n) is 3.28. The topological polar surface area (TPSA) is 35.5 Å². The van der Waals surface area contributed by atoms with Crippen molar-refractivity contribution in [1.29, 1.82) is 0 Å². The monoisotopic (exact) mass is 316 g/mol. The van der Waals surface area contributed by atoms with Crippen molar-refractivity contribution >= 4 is 0 Å². The van der Waals surface area contributed by atoms with E-state index in [0.717, 1.165) is 42.9 Å². The number of nitrogens with zero attached hydrogens (tertiary/aromatic N) is 1. The molecule has 6 heteroatoms. The lowest BCUT2D eigenvalue weighted by molar-refractivity contribution is -0.138. The van der Waals surface area contributed by atoms with Crippen molar-refractivity contribution < 1.29 is 18.3 Å². The zero-order valence-corrected chi connectivity index (χ0v) is 13.0. The molecule has 0 spiro atoms. The number of phenols is 1. The van der Waals surface area contributed by atoms with Gasteiger partial charge in [0.25, 0.3) is 0 Å². The van der Waals surface area contributed by atoms with Crippen LogP contribution >= 0.6 is 0 Å². The van der Waals surface area contributed by atoms with Crippen LogP contribution in [0.2, 0.25) is 0 Å². The van der Waals surface area contributed by atoms with Crippen molar-refractivity contribution in [2.45, 2.75) is 38.9 Å². The van der Waals surface area contributed by atoms with Crippen molar-refractivity contribution in [3.05, 3.63) is 28.8 Å². The predicted octanol–water partition coefficient (Wildman–Crippen LogP) is 3.30. The predicted molar refractivity (Wildman–Crippen MR) is 80.1 cm³/mol. The van der Waals surface area contributed by atoms with Crippen molar-refractivity contribution in [3.63, 3.8) is 0 Å². The SMILES string of the molecule is Cc1cc(O)cc(C)c1[C@H](CCC(F)(F)F)N1CCNCC1. The molecular weight excluding hydrogens is 293 g/mol. The van der Waals surface area contributed by atoms with E-state index in [1.54, 1.807) is 12.1 Å². The summed E-state index contributed by atoms with van der Waals surface area (Å²) >= 11 is 0. The largest absolute Gasteiger partial charge is 0.508 e. The number of benzene rings is 1. The van der Waals surface area contributed by atoms with Gasteiger partial charge in [0.15, 0.2) is 0 Å². The van der Waals surface area contributed by atoms with Crippen LogP contribution in [0.5, 0.6) is 5.75 Å². The van der Waals surface area contributed by atoms with Crippen LogP contribution in [0, 0.1) is 13.8 Å². The Balaban J connectivity index is 2.30. The van der Waals surface area contributed by atoms with Crippen LogP contribution < -0.4 is 5.32 Å². The van der Waals surface area contributed by atoms with Gasteiger partial charge in [0, 0.05) is 38.6 Å². The molecule has 0 unspecified atom stereocenters. The Bertz CT molecular complexity index is 488. The number of aryl methyl sites for hydroxylation is 2. The number of rotatable bonds is 4. The molecular formula is C16H23F3N2O. The molecule has 1 aromatic rings. The van der Waals surface area contributed by atoms with Gasteiger partial charge in [-0.25, -0.2) is 0 Å². The molecule has 1 fully saturated rings. The summed E-state index contributed by atoms with van der Waals surface area (Å²) < 4.78 is 38.1. The summed E-state index contributed by atoms with van der Waals surface area (Å²) in [4.78, 5) is 2.12. The molecule has 22 heavy (non-hydrogen) atoms. The molecule has 124 valence electrons. The summed E-state index contributed by atoms with van der Waals surface area (Å²) in [5.74, 6) is 0.161. The average Bonchev–Trinajstić information content (AvgIpc) is 2.41. The summed E-state index contributed by atoms with van der Waals surface area (Å²) in [7, 11) is 0. The number of hydrogen-bond acceptors (Lipinski definition) is 3. The van der Waals surface area contributed by atoms with Gasteiger partial charge in [-0.3, -0.25) is 4.90 Å². The van der Waals surface area contributed by atoms with Gasteiger partial charge in [0.2, 0.25) is 0 Å². The van der Waals surface area contributed by atoms with E-state index in [9.17, 15) is 18.3 Å². The number of phenolic OH excluding ortho intramolecular Hbond substituents is 1. The molecule has 0 bridgehead atoms. The molecule has 1 aliphatic heterocycles. The second-order valence-corrected chi connectivity index (χ2v) is 5.95. The summed E-state index contributed by atoms with van der Waals surface area (Å²) in [5, 5.41) is 12.9. The molecule has 2 N–H and O–H groups in total. The zero-order chi connectivity index (χ0) is 16.3. The normalized spacial score (nSPS) is 18.4. The van der Waals surface area contributed by atoms with E-state index in [0.29, 0.717) is 0 Å². The first-order chi connectivity index (χ1) is 10.3. The standard InChI is InChI=1S/C16H23F3N2O/c1-11-9-13(22)10-12(2)15(11)14(3-4-16(17,18)19)21-7-5-20-6-8-21/h9-10,14,20,22H,3-8H2,1-2H3/t14-/m0/s1. The molecule has 1 saturated heterocycles. The van der Waals surface area contributed by atoms with E-state index in [-0.39, 0.29) is 18.2 Å². The smallest absolute Gasteiger partial charge is 0.389 e. The van der Waals surface area contributed by atoms with Crippen LogP contribution in [0.25, 0.3) is 0 Å². The molecule has 3 nitrogen and oxygen atoms in total. The Morgan fingerprint density at radius 2 is 1.73 bits per heavy atom. The van der Waals surface area contributed by atoms with Gasteiger partial charge in [-0.15, -0.1) is 0 Å². The first-order valence-electron chi connectivity index (χ1n) is 7.59. The van der Waals surface area contributed by atoms with Gasteiger partial charge in [0.1, 0.15) is 5.75 Å². The molecule has 0 aliphatic carbocycles. The van der Waals surface area contributed by atoms with Crippen molar-refractivity contribution in [2.24, 2.45) is 0 Å². The average molecular weight is 316 g/mol. The minimum Gasteiger partial charge on any atom is -0.508 e. The van der Waals surface area contributed by atoms with Crippen LogP contribution in [0.1, 0.15) is 35.6 Å². The van der Waals surface area contributed by atoms with E-state index in [2.05, 4.69) is 10.2 Å². The first kappa shape index (κ1) is 17.1. The van der Waals surface area contributed by atoms with Crippen LogP contribution in [-0.2, 0) is 0 Å². The van der Waals surface area contributed by atoms with Gasteiger partial charge in [0.05, 0.1) is 0 Å². The number of halogens is 3. The molecule has 0 aromatic heterocycles. The summed E-state index contributed by atoms with van der Waals surface area (Å²) in [5.41, 5.74) is 2.62. The highest BCUT2D eigenvalue weighted by Gasteiger charge is 2.32. The van der Waals surface area contributed by atoms with Gasteiger partial charge in [-0.2, -0.15) is 13.2 Å². The highest BCUT2D eigenvalue weighted by atomic mass is 19.4. The maximum atomic E-state index is 12.7. The lowest BCUT2D eigenvalue weighted by atomic mass is 9.91. The van der Waals surface area contributed by atoms with Gasteiger partial charge in [-0.1, -0.05) is 0 Å². The first-order valence-corrected chi connectivity index (χ1v) is 7.59. The second kappa shape index (κ2) is 6.87. The molecule has 2 rings (SSSR count). The quantitative estimate of drug-likeness (QED) is 0.895. The lowest BCUT2D eigenvalue weighted by Crippen LogP contribution is -2.45. The van der Waals surface area contributed by atoms with E-state index < -0.39 is 12.6 Å². The van der Waals surface area contributed by atoms with Gasteiger partial charge >= 0.3 is 6.18 Å². The number of nitrogens with one attached hydrogen (secondary N) is 1. The van der Waals surface area contributed by atoms with Crippen molar-refractivity contribution in [1.82, 2.24) is 10.2 Å². The molecule has 0 radical (unpaired) electrons. The fourth-order valence-corrected chi connectivity index (χ4v) is 3.28. The van der Waals surface area contributed by atoms with Crippen LogP contribution in [-0.4, -0.2) is 42.4 Å². The Labute approximate surface area is 129 Å². The molecule has 1 aliphatic rings. The van der Waals surface area contributed by atoms with E-state index >= 15 is 0 Å². The minimum absolute atomic E-state index is 0.0515. The number of piperazine rings is 1. The third kappa shape index (κ3) is 4.36. The Morgan fingerprint density at radius 1 is 1.18 bits per heavy atom. The lowest BCUT2D eigenvalue weighted by Gasteiger charge is -2.37. The number of hydrogen-bond donors (Lipinski definition) is 2.